The van der Waals surface area contributed by atoms with E-state index in [2.05, 4.69) is 12.0 Å². The second-order valence-electron chi connectivity index (χ2n) is 4.83. The number of hydrogen-bond acceptors (Lipinski definition) is 2. The van der Waals surface area contributed by atoms with Crippen LogP contribution in [-0.2, 0) is 6.42 Å². The molecule has 92 valence electrons. The maximum atomic E-state index is 11.9. The highest BCUT2D eigenvalue weighted by Gasteiger charge is 2.26. The van der Waals surface area contributed by atoms with Gasteiger partial charge in [-0.05, 0) is 30.5 Å². The van der Waals surface area contributed by atoms with Crippen molar-refractivity contribution in [1.82, 2.24) is 9.78 Å². The van der Waals surface area contributed by atoms with E-state index in [4.69, 9.17) is 11.6 Å². The van der Waals surface area contributed by atoms with Crippen LogP contribution in [0.2, 0.25) is 5.02 Å². The van der Waals surface area contributed by atoms with Crippen LogP contribution in [0.1, 0.15) is 29.4 Å². The van der Waals surface area contributed by atoms with E-state index in [0.29, 0.717) is 17.4 Å². The first kappa shape index (κ1) is 11.5. The molecule has 0 saturated carbocycles. The summed E-state index contributed by atoms with van der Waals surface area (Å²) in [4.78, 5) is 11.9. The molecule has 0 amide bonds. The second kappa shape index (κ2) is 4.25. The second-order valence-corrected chi connectivity index (χ2v) is 5.27. The largest absolute Gasteiger partial charge is 0.294 e. The summed E-state index contributed by atoms with van der Waals surface area (Å²) < 4.78 is 1.83. The minimum absolute atomic E-state index is 0.192. The van der Waals surface area contributed by atoms with E-state index in [-0.39, 0.29) is 5.78 Å². The van der Waals surface area contributed by atoms with Crippen molar-refractivity contribution in [2.75, 3.05) is 0 Å². The number of aromatic nitrogens is 2. The van der Waals surface area contributed by atoms with E-state index in [9.17, 15) is 4.79 Å². The van der Waals surface area contributed by atoms with Crippen LogP contribution in [0.15, 0.2) is 30.5 Å². The van der Waals surface area contributed by atoms with Crippen molar-refractivity contribution in [2.24, 2.45) is 5.92 Å². The lowest BCUT2D eigenvalue weighted by molar-refractivity contribution is 0.0953. The van der Waals surface area contributed by atoms with Gasteiger partial charge in [-0.15, -0.1) is 0 Å². The summed E-state index contributed by atoms with van der Waals surface area (Å²) in [7, 11) is 0. The van der Waals surface area contributed by atoms with Crippen molar-refractivity contribution in [2.45, 2.75) is 19.8 Å². The third-order valence-corrected chi connectivity index (χ3v) is 3.53. The molecular weight excluding hydrogens is 248 g/mol. The summed E-state index contributed by atoms with van der Waals surface area (Å²) in [5.74, 6) is 0.566. The van der Waals surface area contributed by atoms with Crippen molar-refractivity contribution in [3.63, 3.8) is 0 Å². The first-order valence-corrected chi connectivity index (χ1v) is 6.39. The Labute approximate surface area is 110 Å². The molecule has 1 aliphatic rings. The monoisotopic (exact) mass is 260 g/mol. The van der Waals surface area contributed by atoms with Gasteiger partial charge in [0.15, 0.2) is 5.78 Å². The number of halogens is 1. The Morgan fingerprint density at radius 3 is 3.00 bits per heavy atom. The number of nitrogens with zero attached hydrogens (tertiary/aromatic N) is 2. The number of rotatable bonds is 1. The molecule has 18 heavy (non-hydrogen) atoms. The van der Waals surface area contributed by atoms with Gasteiger partial charge in [0.1, 0.15) is 0 Å². The molecule has 0 fully saturated rings. The molecule has 1 heterocycles. The van der Waals surface area contributed by atoms with Crippen LogP contribution in [0, 0.1) is 5.92 Å². The van der Waals surface area contributed by atoms with E-state index in [1.54, 1.807) is 6.20 Å². The Balaban J connectivity index is 2.12. The summed E-state index contributed by atoms with van der Waals surface area (Å²) in [6.07, 6.45) is 3.17. The summed E-state index contributed by atoms with van der Waals surface area (Å²) in [6, 6.07) is 7.52. The number of carbonyl (C=O) groups is 1. The highest BCUT2D eigenvalue weighted by Crippen LogP contribution is 2.27. The normalized spacial score (nSPS) is 18.8. The lowest BCUT2D eigenvalue weighted by atomic mass is 9.88. The van der Waals surface area contributed by atoms with Crippen LogP contribution < -0.4 is 0 Å². The van der Waals surface area contributed by atoms with Gasteiger partial charge < -0.3 is 0 Å². The molecule has 3 nitrogen and oxygen atoms in total. The smallest absolute Gasteiger partial charge is 0.166 e. The number of hydrogen-bond donors (Lipinski definition) is 0. The first-order valence-electron chi connectivity index (χ1n) is 6.01. The molecule has 0 bridgehead atoms. The summed E-state index contributed by atoms with van der Waals surface area (Å²) >= 11 is 5.99. The van der Waals surface area contributed by atoms with Gasteiger partial charge in [0.25, 0.3) is 0 Å². The predicted molar refractivity (Wildman–Crippen MR) is 70.4 cm³/mol. The number of carbonyl (C=O) groups excluding carboxylic acids is 1. The molecule has 3 rings (SSSR count). The lowest BCUT2D eigenvalue weighted by Gasteiger charge is -2.18. The molecule has 2 aromatic rings. The molecular formula is C14H13ClN2O. The van der Waals surface area contributed by atoms with E-state index in [1.165, 1.54) is 0 Å². The van der Waals surface area contributed by atoms with Crippen LogP contribution in [0.4, 0.5) is 0 Å². The van der Waals surface area contributed by atoms with Crippen LogP contribution in [0.25, 0.3) is 5.69 Å². The molecule has 0 aliphatic heterocycles. The summed E-state index contributed by atoms with van der Waals surface area (Å²) in [6.45, 7) is 2.09. The zero-order valence-corrected chi connectivity index (χ0v) is 10.8. The SMILES string of the molecule is C[C@H]1CC(=O)c2cnn(-c3cccc(Cl)c3)c2C1. The number of Topliss-reactive ketones (excluding diaryl/α,β-unsaturated/α-hetero) is 1. The molecule has 4 heteroatoms. The van der Waals surface area contributed by atoms with Crippen LogP contribution in [0.3, 0.4) is 0 Å². The summed E-state index contributed by atoms with van der Waals surface area (Å²) in [5, 5.41) is 5.00. The zero-order chi connectivity index (χ0) is 12.7. The van der Waals surface area contributed by atoms with Gasteiger partial charge in [-0.1, -0.05) is 24.6 Å². The average molecular weight is 261 g/mol. The Kier molecular flexibility index (Phi) is 2.71. The van der Waals surface area contributed by atoms with Gasteiger partial charge >= 0.3 is 0 Å². The minimum atomic E-state index is 0.192. The Morgan fingerprint density at radius 1 is 1.39 bits per heavy atom. The maximum Gasteiger partial charge on any atom is 0.166 e. The Morgan fingerprint density at radius 2 is 2.22 bits per heavy atom. The average Bonchev–Trinajstić information content (AvgIpc) is 2.72. The van der Waals surface area contributed by atoms with Crippen molar-refractivity contribution in [1.29, 1.82) is 0 Å². The number of fused-ring (bicyclic) bond motifs is 1. The first-order chi connectivity index (χ1) is 8.65. The van der Waals surface area contributed by atoms with Gasteiger partial charge in [0.05, 0.1) is 23.1 Å². The van der Waals surface area contributed by atoms with Crippen LogP contribution in [-0.4, -0.2) is 15.6 Å². The van der Waals surface area contributed by atoms with Crippen molar-refractivity contribution in [3.8, 4) is 5.69 Å². The van der Waals surface area contributed by atoms with Gasteiger partial charge in [-0.25, -0.2) is 4.68 Å². The molecule has 0 unspecified atom stereocenters. The van der Waals surface area contributed by atoms with Crippen molar-refractivity contribution >= 4 is 17.4 Å². The Bertz CT molecular complexity index is 618. The zero-order valence-electron chi connectivity index (χ0n) is 10.1. The number of ketones is 1. The van der Waals surface area contributed by atoms with Crippen LogP contribution in [0.5, 0.6) is 0 Å². The molecule has 1 atom stereocenters. The highest BCUT2D eigenvalue weighted by atomic mass is 35.5. The lowest BCUT2D eigenvalue weighted by Crippen LogP contribution is -2.19. The number of benzene rings is 1. The molecule has 1 aromatic heterocycles. The van der Waals surface area contributed by atoms with E-state index in [0.717, 1.165) is 23.4 Å². The minimum Gasteiger partial charge on any atom is -0.294 e. The summed E-state index contributed by atoms with van der Waals surface area (Å²) in [5.41, 5.74) is 2.67. The van der Waals surface area contributed by atoms with Crippen molar-refractivity contribution < 1.29 is 4.79 Å². The fraction of sp³-hybridized carbons (Fsp3) is 0.286. The quantitative estimate of drug-likeness (QED) is 0.789. The standard InChI is InChI=1S/C14H13ClN2O/c1-9-5-13-12(14(18)6-9)8-16-17(13)11-4-2-3-10(15)7-11/h2-4,7-9H,5-6H2,1H3/t9-/m1/s1. The van der Waals surface area contributed by atoms with Gasteiger partial charge in [-0.2, -0.15) is 5.10 Å². The Hall–Kier alpha value is -1.61. The maximum absolute atomic E-state index is 11.9. The molecule has 0 radical (unpaired) electrons. The predicted octanol–water partition coefficient (Wildman–Crippen LogP) is 3.29. The molecule has 1 aromatic carbocycles. The van der Waals surface area contributed by atoms with Crippen molar-refractivity contribution in [3.05, 3.63) is 46.7 Å². The van der Waals surface area contributed by atoms with E-state index < -0.39 is 0 Å². The fourth-order valence-corrected chi connectivity index (χ4v) is 2.65. The topological polar surface area (TPSA) is 34.9 Å². The molecule has 0 N–H and O–H groups in total. The van der Waals surface area contributed by atoms with Gasteiger partial charge in [-0.3, -0.25) is 4.79 Å². The molecule has 0 saturated heterocycles. The third-order valence-electron chi connectivity index (χ3n) is 3.30. The van der Waals surface area contributed by atoms with Gasteiger partial charge in [0, 0.05) is 11.4 Å². The van der Waals surface area contributed by atoms with Crippen LogP contribution >= 0.6 is 11.6 Å². The highest BCUT2D eigenvalue weighted by molar-refractivity contribution is 6.30. The fourth-order valence-electron chi connectivity index (χ4n) is 2.46. The molecule has 1 aliphatic carbocycles. The van der Waals surface area contributed by atoms with Gasteiger partial charge in [0.2, 0.25) is 0 Å². The third kappa shape index (κ3) is 1.85. The molecule has 0 spiro atoms. The van der Waals surface area contributed by atoms with E-state index >= 15 is 0 Å². The van der Waals surface area contributed by atoms with E-state index in [1.807, 2.05) is 28.9 Å².